The van der Waals surface area contributed by atoms with E-state index in [-0.39, 0.29) is 28.8 Å². The van der Waals surface area contributed by atoms with Gasteiger partial charge in [0.1, 0.15) is 6.04 Å². The number of rotatable bonds is 7. The number of halogens is 1. The zero-order valence-corrected chi connectivity index (χ0v) is 20.4. The molecule has 2 aromatic rings. The van der Waals surface area contributed by atoms with Gasteiger partial charge in [0, 0.05) is 35.7 Å². The molecule has 4 rings (SSSR count). The van der Waals surface area contributed by atoms with Crippen LogP contribution in [0.2, 0.25) is 0 Å². The van der Waals surface area contributed by atoms with Crippen LogP contribution < -0.4 is 5.73 Å². The number of primary amides is 1. The molecule has 2 bridgehead atoms. The summed E-state index contributed by atoms with van der Waals surface area (Å²) in [5.41, 5.74) is 6.12. The molecule has 11 nitrogen and oxygen atoms in total. The Balaban J connectivity index is 1.78. The molecule has 13 heteroatoms. The number of aromatic amines is 1. The lowest BCUT2D eigenvalue weighted by Crippen LogP contribution is -2.55. The van der Waals surface area contributed by atoms with Gasteiger partial charge in [-0.05, 0) is 37.5 Å². The lowest BCUT2D eigenvalue weighted by atomic mass is 9.91. The number of carbonyl (C=O) groups excluding carboxylic acids is 2. The third-order valence-corrected chi connectivity index (χ3v) is 8.51. The fourth-order valence-electron chi connectivity index (χ4n) is 4.73. The van der Waals surface area contributed by atoms with Gasteiger partial charge in [-0.1, -0.05) is 21.1 Å². The van der Waals surface area contributed by atoms with E-state index in [1.807, 2.05) is 0 Å². The molecular formula is C20H25BrN6O5S. The third kappa shape index (κ3) is 4.67. The van der Waals surface area contributed by atoms with Gasteiger partial charge >= 0.3 is 0 Å². The minimum absolute atomic E-state index is 0.0658. The fraction of sp³-hybridized carbons (Fsp3) is 0.500. The van der Waals surface area contributed by atoms with E-state index >= 15 is 0 Å². The van der Waals surface area contributed by atoms with Gasteiger partial charge in [0.25, 0.3) is 0 Å². The number of ether oxygens (including phenoxy) is 1. The highest BCUT2D eigenvalue weighted by molar-refractivity contribution is 9.10. The van der Waals surface area contributed by atoms with Crippen LogP contribution in [-0.4, -0.2) is 77.2 Å². The van der Waals surface area contributed by atoms with Crippen molar-refractivity contribution in [1.82, 2.24) is 24.6 Å². The average Bonchev–Trinajstić information content (AvgIpc) is 3.27. The van der Waals surface area contributed by atoms with Crippen LogP contribution in [0.5, 0.6) is 0 Å². The van der Waals surface area contributed by atoms with Gasteiger partial charge in [0.15, 0.2) is 0 Å². The zero-order chi connectivity index (χ0) is 23.8. The van der Waals surface area contributed by atoms with Crippen molar-refractivity contribution in [2.45, 2.75) is 42.8 Å². The fourth-order valence-corrected chi connectivity index (χ4v) is 7.34. The molecule has 0 radical (unpaired) electrons. The first-order chi connectivity index (χ1) is 15.7. The first-order valence-corrected chi connectivity index (χ1v) is 12.7. The summed E-state index contributed by atoms with van der Waals surface area (Å²) in [6.45, 7) is 0.870. The molecule has 33 heavy (non-hydrogen) atoms. The first-order valence-electron chi connectivity index (χ1n) is 10.5. The topological polar surface area (TPSA) is 152 Å². The largest absolute Gasteiger partial charge is 0.384 e. The molecule has 2 fully saturated rings. The van der Waals surface area contributed by atoms with Crippen LogP contribution in [0.3, 0.4) is 0 Å². The number of nitrogens with two attached hydrogens (primary N) is 1. The molecule has 2 aliphatic rings. The molecule has 0 aliphatic carbocycles. The minimum Gasteiger partial charge on any atom is -0.384 e. The number of piperidine rings is 1. The quantitative estimate of drug-likeness (QED) is 0.528. The lowest BCUT2D eigenvalue weighted by Gasteiger charge is -2.40. The van der Waals surface area contributed by atoms with Crippen molar-refractivity contribution < 1.29 is 22.7 Å². The Bertz CT molecular complexity index is 1140. The van der Waals surface area contributed by atoms with Crippen molar-refractivity contribution in [2.24, 2.45) is 11.7 Å². The van der Waals surface area contributed by atoms with Crippen LogP contribution in [0.4, 0.5) is 0 Å². The van der Waals surface area contributed by atoms with Crippen LogP contribution in [0.1, 0.15) is 35.3 Å². The van der Waals surface area contributed by atoms with E-state index in [9.17, 15) is 18.0 Å². The molecule has 2 aliphatic heterocycles. The van der Waals surface area contributed by atoms with Crippen molar-refractivity contribution in [3.05, 3.63) is 40.1 Å². The number of benzene rings is 1. The number of H-pyrrole nitrogens is 1. The van der Waals surface area contributed by atoms with Crippen LogP contribution >= 0.6 is 15.9 Å². The Kier molecular flexibility index (Phi) is 6.84. The lowest BCUT2D eigenvalue weighted by molar-refractivity contribution is -0.135. The number of nitrogens with zero attached hydrogens (tertiary/aromatic N) is 4. The summed E-state index contributed by atoms with van der Waals surface area (Å²) in [5, 5.41) is 10.2. The molecule has 2 saturated heterocycles. The molecule has 3 heterocycles. The number of sulfonamides is 1. The second-order valence-corrected chi connectivity index (χ2v) is 11.1. The maximum Gasteiger partial charge on any atom is 0.248 e. The minimum atomic E-state index is -4.13. The Morgan fingerprint density at radius 2 is 2.12 bits per heavy atom. The average molecular weight is 541 g/mol. The van der Waals surface area contributed by atoms with E-state index in [0.29, 0.717) is 36.2 Å². The molecule has 0 saturated carbocycles. The van der Waals surface area contributed by atoms with E-state index in [2.05, 4.69) is 31.3 Å². The van der Waals surface area contributed by atoms with Crippen molar-refractivity contribution >= 4 is 37.8 Å². The molecule has 1 unspecified atom stereocenters. The Labute approximate surface area is 199 Å². The molecule has 3 N–H and O–H groups in total. The van der Waals surface area contributed by atoms with E-state index in [1.165, 1.54) is 28.7 Å². The van der Waals surface area contributed by atoms with Crippen LogP contribution in [0.15, 0.2) is 33.8 Å². The summed E-state index contributed by atoms with van der Waals surface area (Å²) >= 11 is 3.26. The molecule has 1 aromatic carbocycles. The van der Waals surface area contributed by atoms with Gasteiger partial charge in [-0.2, -0.15) is 4.31 Å². The van der Waals surface area contributed by atoms with Crippen LogP contribution in [-0.2, 0) is 26.1 Å². The van der Waals surface area contributed by atoms with Crippen LogP contribution in [0, 0.1) is 5.92 Å². The number of amides is 2. The van der Waals surface area contributed by atoms with Gasteiger partial charge in [0.2, 0.25) is 21.8 Å². The molecule has 0 spiro atoms. The van der Waals surface area contributed by atoms with E-state index in [4.69, 9.17) is 10.5 Å². The monoisotopic (exact) mass is 540 g/mol. The van der Waals surface area contributed by atoms with Crippen molar-refractivity contribution in [1.29, 1.82) is 0 Å². The van der Waals surface area contributed by atoms with Gasteiger partial charge in [-0.25, -0.2) is 8.42 Å². The predicted molar refractivity (Wildman–Crippen MR) is 120 cm³/mol. The molecule has 1 aromatic heterocycles. The summed E-state index contributed by atoms with van der Waals surface area (Å²) in [5.74, 6) is -1.25. The number of aromatic nitrogens is 3. The van der Waals surface area contributed by atoms with E-state index in [1.54, 1.807) is 12.0 Å². The molecule has 178 valence electrons. The summed E-state index contributed by atoms with van der Waals surface area (Å²) in [6, 6.07) is 2.85. The number of fused-ring (bicyclic) bond motifs is 2. The molecule has 3 atom stereocenters. The Hall–Kier alpha value is -2.35. The van der Waals surface area contributed by atoms with Crippen molar-refractivity contribution in [3.63, 3.8) is 0 Å². The predicted octanol–water partition coefficient (Wildman–Crippen LogP) is 0.883. The molecular weight excluding hydrogens is 516 g/mol. The van der Waals surface area contributed by atoms with Crippen molar-refractivity contribution in [3.8, 4) is 0 Å². The highest BCUT2D eigenvalue weighted by Crippen LogP contribution is 2.38. The summed E-state index contributed by atoms with van der Waals surface area (Å²) in [6.07, 6.45) is 3.27. The van der Waals surface area contributed by atoms with Gasteiger partial charge < -0.3 is 15.4 Å². The first kappa shape index (κ1) is 23.8. The zero-order valence-electron chi connectivity index (χ0n) is 18.0. The number of hydrogen-bond donors (Lipinski definition) is 2. The maximum absolute atomic E-state index is 13.9. The number of nitrogens with one attached hydrogen (secondary N) is 1. The number of hydrogen-bond acceptors (Lipinski definition) is 7. The second kappa shape index (κ2) is 9.49. The van der Waals surface area contributed by atoms with E-state index < -0.39 is 28.0 Å². The summed E-state index contributed by atoms with van der Waals surface area (Å²) in [4.78, 5) is 26.9. The summed E-state index contributed by atoms with van der Waals surface area (Å²) < 4.78 is 35.0. The van der Waals surface area contributed by atoms with Crippen LogP contribution in [0.25, 0.3) is 0 Å². The number of methoxy groups -OCH3 is 1. The molecule has 2 amide bonds. The van der Waals surface area contributed by atoms with Gasteiger partial charge in [-0.15, -0.1) is 5.10 Å². The normalized spacial score (nSPS) is 24.0. The van der Waals surface area contributed by atoms with E-state index in [0.717, 1.165) is 6.42 Å². The highest BCUT2D eigenvalue weighted by Gasteiger charge is 2.50. The third-order valence-electron chi connectivity index (χ3n) is 6.15. The Morgan fingerprint density at radius 1 is 1.33 bits per heavy atom. The maximum atomic E-state index is 13.9. The summed E-state index contributed by atoms with van der Waals surface area (Å²) in [7, 11) is -2.57. The Morgan fingerprint density at radius 3 is 2.79 bits per heavy atom. The van der Waals surface area contributed by atoms with Crippen molar-refractivity contribution in [2.75, 3.05) is 20.3 Å². The second-order valence-electron chi connectivity index (χ2n) is 8.30. The smallest absolute Gasteiger partial charge is 0.248 e. The number of carbonyl (C=O) groups is 2. The van der Waals surface area contributed by atoms with Gasteiger partial charge in [-0.3, -0.25) is 14.7 Å². The SMILES string of the molecule is COC[C@H]1CN(Cc2cnn[nH]2)C(=O)C2CCC[C@@H]1N2S(=O)(=O)c1cc(Br)cc(C(N)=O)c1. The standard InChI is InChI=1S/C20H25BrN6O5S/c1-32-11-13-9-26(10-15-8-23-25-24-15)20(29)18-4-2-3-17(13)27(18)33(30,31)16-6-12(19(22)28)5-14(21)7-16/h5-8,13,17-18H,2-4,9-11H2,1H3,(H2,22,28)(H,23,24,25)/t13-,17+,18?/m1/s1. The highest BCUT2D eigenvalue weighted by atomic mass is 79.9. The van der Waals surface area contributed by atoms with Gasteiger partial charge in [0.05, 0.1) is 29.9 Å².